The molecule has 0 aliphatic rings. The lowest BCUT2D eigenvalue weighted by atomic mass is 10.2. The molecule has 0 saturated carbocycles. The monoisotopic (exact) mass is 316 g/mol. The molecule has 0 N–H and O–H groups in total. The average molecular weight is 316 g/mol. The van der Waals surface area contributed by atoms with Crippen LogP contribution >= 0.6 is 7.26 Å². The minimum absolute atomic E-state index is 0.638. The Balaban J connectivity index is 0.000000362. The van der Waals surface area contributed by atoms with Crippen molar-refractivity contribution in [3.05, 3.63) is 35.9 Å². The van der Waals surface area contributed by atoms with Crippen molar-refractivity contribution >= 4 is 17.4 Å². The maximum absolute atomic E-state index is 10.7. The topological polar surface area (TPSA) is 57.2 Å². The molecule has 0 bridgehead atoms. The van der Waals surface area contributed by atoms with Gasteiger partial charge in [0, 0.05) is 27.3 Å². The van der Waals surface area contributed by atoms with E-state index in [1.165, 1.54) is 11.7 Å². The fourth-order valence-corrected chi connectivity index (χ4v) is 2.44. The summed E-state index contributed by atoms with van der Waals surface area (Å²) in [5.74, 6) is 0. The molecule has 0 amide bonds. The molecule has 0 saturated heterocycles. The Morgan fingerprint density at radius 1 is 1.11 bits per heavy atom. The average Bonchev–Trinajstić information content (AvgIpc) is 2.14. The Morgan fingerprint density at radius 3 is 1.74 bits per heavy atom. The van der Waals surface area contributed by atoms with Crippen LogP contribution in [0.15, 0.2) is 30.3 Å². The zero-order valence-corrected chi connectivity index (χ0v) is 12.5. The van der Waals surface area contributed by atoms with Gasteiger partial charge in [-0.3, -0.25) is 0 Å². The van der Waals surface area contributed by atoms with E-state index in [-0.39, 0.29) is 0 Å². The van der Waals surface area contributed by atoms with Crippen LogP contribution in [0.3, 0.4) is 0 Å². The van der Waals surface area contributed by atoms with Gasteiger partial charge in [-0.1, -0.05) is 30.3 Å². The molecule has 1 aromatic carbocycles. The summed E-state index contributed by atoms with van der Waals surface area (Å²) in [6.07, 6.45) is 1.27. The summed E-state index contributed by atoms with van der Waals surface area (Å²) in [4.78, 5) is 0. The van der Waals surface area contributed by atoms with E-state index in [0.29, 0.717) is 0 Å². The van der Waals surface area contributed by atoms with Crippen molar-refractivity contribution in [1.29, 1.82) is 0 Å². The maximum atomic E-state index is 10.7. The van der Waals surface area contributed by atoms with Gasteiger partial charge >= 0.3 is 5.51 Å². The van der Waals surface area contributed by atoms with Crippen molar-refractivity contribution in [2.75, 3.05) is 20.0 Å². The van der Waals surface area contributed by atoms with Crippen molar-refractivity contribution in [2.24, 2.45) is 0 Å². The van der Waals surface area contributed by atoms with E-state index in [9.17, 15) is 13.2 Å². The number of halogens is 3. The predicted octanol–water partition coefficient (Wildman–Crippen LogP) is 3.15. The molecule has 0 atom stereocenters. The first-order chi connectivity index (χ1) is 8.33. The van der Waals surface area contributed by atoms with Gasteiger partial charge in [-0.25, -0.2) is 8.42 Å². The summed E-state index contributed by atoms with van der Waals surface area (Å²) in [5, 5.41) is 0. The fourth-order valence-electron chi connectivity index (χ4n) is 1.13. The minimum atomic E-state index is -6.09. The highest BCUT2D eigenvalue weighted by molar-refractivity contribution is 7.86. The standard InChI is InChI=1S/C10H16P.CHF3O3S/c1-11(2,3)9-10-7-5-4-6-8-10;2-1(3,4)8(5,6)7/h4-8H,9H2,1-3H3;(H,5,6,7)/q+1;/p-1. The van der Waals surface area contributed by atoms with Crippen LogP contribution in [0.25, 0.3) is 0 Å². The van der Waals surface area contributed by atoms with Crippen LogP contribution < -0.4 is 0 Å². The lowest BCUT2D eigenvalue weighted by molar-refractivity contribution is -0.0517. The van der Waals surface area contributed by atoms with E-state index < -0.39 is 22.9 Å². The van der Waals surface area contributed by atoms with Gasteiger partial charge in [0.15, 0.2) is 10.1 Å². The third-order valence-corrected chi connectivity index (χ3v) is 3.66. The van der Waals surface area contributed by atoms with Crippen LogP contribution in [-0.2, 0) is 16.3 Å². The third kappa shape index (κ3) is 8.97. The molecule has 0 aromatic heterocycles. The molecule has 0 radical (unpaired) electrons. The number of benzene rings is 1. The zero-order valence-electron chi connectivity index (χ0n) is 10.8. The number of alkyl halides is 3. The molecule has 8 heteroatoms. The molecule has 0 spiro atoms. The van der Waals surface area contributed by atoms with Gasteiger partial charge in [0.25, 0.3) is 0 Å². The second-order valence-corrected chi connectivity index (χ2v) is 11.1. The Bertz CT molecular complexity index is 478. The van der Waals surface area contributed by atoms with Gasteiger partial charge in [0.2, 0.25) is 0 Å². The highest BCUT2D eigenvalue weighted by Crippen LogP contribution is 2.49. The van der Waals surface area contributed by atoms with E-state index in [1.807, 2.05) is 0 Å². The molecular weight excluding hydrogens is 300 g/mol. The summed E-state index contributed by atoms with van der Waals surface area (Å²) in [6.45, 7) is 7.12. The Kier molecular flexibility index (Phi) is 6.45. The van der Waals surface area contributed by atoms with Gasteiger partial charge in [-0.2, -0.15) is 13.2 Å². The summed E-state index contributed by atoms with van der Waals surface area (Å²) >= 11 is 0. The SMILES string of the molecule is C[P+](C)(C)Cc1ccccc1.O=S(=O)([O-])C(F)(F)F. The van der Waals surface area contributed by atoms with Crippen LogP contribution in [0.5, 0.6) is 0 Å². The summed E-state index contributed by atoms with van der Waals surface area (Å²) in [5.41, 5.74) is -4.17. The third-order valence-electron chi connectivity index (χ3n) is 1.78. The number of hydrogen-bond acceptors (Lipinski definition) is 3. The molecule has 0 fully saturated rings. The van der Waals surface area contributed by atoms with Gasteiger partial charge < -0.3 is 4.55 Å². The van der Waals surface area contributed by atoms with E-state index in [4.69, 9.17) is 13.0 Å². The Hall–Kier alpha value is -0.650. The lowest BCUT2D eigenvalue weighted by Gasteiger charge is -2.10. The predicted molar refractivity (Wildman–Crippen MR) is 70.6 cm³/mol. The molecule has 19 heavy (non-hydrogen) atoms. The lowest BCUT2D eigenvalue weighted by Crippen LogP contribution is -2.21. The van der Waals surface area contributed by atoms with Gasteiger partial charge in [0.1, 0.15) is 0 Å². The van der Waals surface area contributed by atoms with Crippen molar-refractivity contribution in [2.45, 2.75) is 11.7 Å². The number of rotatable bonds is 2. The minimum Gasteiger partial charge on any atom is -0.741 e. The number of hydrogen-bond donors (Lipinski definition) is 0. The van der Waals surface area contributed by atoms with E-state index in [2.05, 4.69) is 50.3 Å². The Morgan fingerprint density at radius 2 is 1.47 bits per heavy atom. The fraction of sp³-hybridized carbons (Fsp3) is 0.455. The smallest absolute Gasteiger partial charge is 0.485 e. The van der Waals surface area contributed by atoms with Gasteiger partial charge in [-0.05, 0) is 5.56 Å². The van der Waals surface area contributed by atoms with Crippen LogP contribution in [0.4, 0.5) is 13.2 Å². The van der Waals surface area contributed by atoms with Gasteiger partial charge in [-0.15, -0.1) is 0 Å². The molecular formula is C11H16F3O3PS. The van der Waals surface area contributed by atoms with Crippen LogP contribution in [0, 0.1) is 0 Å². The summed E-state index contributed by atoms with van der Waals surface area (Å²) in [6, 6.07) is 10.7. The van der Waals surface area contributed by atoms with Crippen molar-refractivity contribution < 1.29 is 26.1 Å². The maximum Gasteiger partial charge on any atom is 0.485 e. The first kappa shape index (κ1) is 18.4. The molecule has 1 rings (SSSR count). The van der Waals surface area contributed by atoms with E-state index in [0.717, 1.165) is 0 Å². The second kappa shape index (κ2) is 6.68. The molecule has 1 aromatic rings. The summed E-state index contributed by atoms with van der Waals surface area (Å²) < 4.78 is 58.9. The van der Waals surface area contributed by atoms with Crippen LogP contribution in [0.2, 0.25) is 0 Å². The molecule has 0 unspecified atom stereocenters. The van der Waals surface area contributed by atoms with E-state index in [1.54, 1.807) is 0 Å². The molecule has 110 valence electrons. The highest BCUT2D eigenvalue weighted by atomic mass is 32.2. The highest BCUT2D eigenvalue weighted by Gasteiger charge is 2.36. The van der Waals surface area contributed by atoms with Crippen molar-refractivity contribution in [3.63, 3.8) is 0 Å². The Labute approximate surface area is 111 Å². The largest absolute Gasteiger partial charge is 0.741 e. The zero-order chi connectivity index (χ0) is 15.3. The normalized spacial score (nSPS) is 12.6. The first-order valence-corrected chi connectivity index (χ1v) is 9.92. The quantitative estimate of drug-likeness (QED) is 0.478. The van der Waals surface area contributed by atoms with Crippen molar-refractivity contribution in [3.8, 4) is 0 Å². The molecule has 0 aliphatic carbocycles. The summed E-state index contributed by atoms with van der Waals surface area (Å²) in [7, 11) is -6.73. The molecule has 0 aliphatic heterocycles. The van der Waals surface area contributed by atoms with E-state index >= 15 is 0 Å². The molecule has 3 nitrogen and oxygen atoms in total. The van der Waals surface area contributed by atoms with Crippen LogP contribution in [-0.4, -0.2) is 38.5 Å². The van der Waals surface area contributed by atoms with Crippen LogP contribution in [0.1, 0.15) is 5.56 Å². The van der Waals surface area contributed by atoms with Gasteiger partial charge in [0.05, 0.1) is 6.16 Å². The van der Waals surface area contributed by atoms with Crippen molar-refractivity contribution in [1.82, 2.24) is 0 Å². The first-order valence-electron chi connectivity index (χ1n) is 5.19. The molecule has 0 heterocycles. The second-order valence-electron chi connectivity index (χ2n) is 4.83.